The van der Waals surface area contributed by atoms with Gasteiger partial charge >= 0.3 is 5.97 Å². The number of methoxy groups -OCH3 is 1. The van der Waals surface area contributed by atoms with Crippen molar-refractivity contribution in [2.24, 2.45) is 0 Å². The number of aromatic nitrogens is 2. The van der Waals surface area contributed by atoms with E-state index < -0.39 is 5.97 Å². The number of piperidine rings is 1. The van der Waals surface area contributed by atoms with E-state index in [1.54, 1.807) is 12.1 Å². The van der Waals surface area contributed by atoms with Crippen molar-refractivity contribution in [1.29, 1.82) is 0 Å². The molecule has 1 aliphatic heterocycles. The predicted molar refractivity (Wildman–Crippen MR) is 98.5 cm³/mol. The minimum absolute atomic E-state index is 0.104. The molecule has 3 rings (SSSR count). The summed E-state index contributed by atoms with van der Waals surface area (Å²) in [5.41, 5.74) is 1.76. The number of hydrogen-bond acceptors (Lipinski definition) is 6. The number of nitrogens with zero attached hydrogens (tertiary/aromatic N) is 2. The number of carbonyl (C=O) groups excluding carboxylic acids is 1. The summed E-state index contributed by atoms with van der Waals surface area (Å²) in [6, 6.07) is 5.53. The van der Waals surface area contributed by atoms with Gasteiger partial charge in [-0.2, -0.15) is 0 Å². The van der Waals surface area contributed by atoms with Crippen molar-refractivity contribution in [2.75, 3.05) is 13.7 Å². The fraction of sp³-hybridized carbons (Fsp3) is 0.421. The fourth-order valence-corrected chi connectivity index (χ4v) is 3.04. The van der Waals surface area contributed by atoms with Gasteiger partial charge in [-0.25, -0.2) is 14.8 Å². The van der Waals surface area contributed by atoms with E-state index in [0.29, 0.717) is 27.9 Å². The number of rotatable bonds is 5. The molecule has 2 aromatic rings. The number of benzene rings is 1. The second-order valence-electron chi connectivity index (χ2n) is 6.28. The van der Waals surface area contributed by atoms with Crippen molar-refractivity contribution in [3.05, 3.63) is 52.1 Å². The SMILES string of the molecule is COC(=O)c1cnc(C2CCCCN2)nc1COc1ccc(Cl)c(C)c1. The van der Waals surface area contributed by atoms with Crippen LogP contribution in [-0.2, 0) is 11.3 Å². The zero-order chi connectivity index (χ0) is 18.5. The van der Waals surface area contributed by atoms with Crippen LogP contribution >= 0.6 is 11.6 Å². The summed E-state index contributed by atoms with van der Waals surface area (Å²) in [4.78, 5) is 21.0. The molecule has 0 amide bonds. The second kappa shape index (κ2) is 8.47. The van der Waals surface area contributed by atoms with Crippen LogP contribution in [0.2, 0.25) is 5.02 Å². The Kier molecular flexibility index (Phi) is 6.06. The number of aryl methyl sites for hydroxylation is 1. The Labute approximate surface area is 157 Å². The molecule has 0 aliphatic carbocycles. The van der Waals surface area contributed by atoms with Gasteiger partial charge in [0.05, 0.1) is 18.8 Å². The molecule has 1 N–H and O–H groups in total. The average molecular weight is 376 g/mol. The van der Waals surface area contributed by atoms with Crippen LogP contribution in [0.5, 0.6) is 5.75 Å². The van der Waals surface area contributed by atoms with Crippen LogP contribution in [0.4, 0.5) is 0 Å². The lowest BCUT2D eigenvalue weighted by atomic mass is 10.0. The quantitative estimate of drug-likeness (QED) is 0.804. The summed E-state index contributed by atoms with van der Waals surface area (Å²) in [5, 5.41) is 4.10. The van der Waals surface area contributed by atoms with Crippen molar-refractivity contribution in [3.63, 3.8) is 0 Å². The van der Waals surface area contributed by atoms with E-state index in [9.17, 15) is 4.79 Å². The van der Waals surface area contributed by atoms with E-state index in [1.165, 1.54) is 13.3 Å². The molecule has 2 heterocycles. The Hall–Kier alpha value is -2.18. The van der Waals surface area contributed by atoms with Crippen LogP contribution in [-0.4, -0.2) is 29.6 Å². The Balaban J connectivity index is 1.83. The monoisotopic (exact) mass is 375 g/mol. The summed E-state index contributed by atoms with van der Waals surface area (Å²) in [6.07, 6.45) is 4.79. The van der Waals surface area contributed by atoms with Gasteiger partial charge in [-0.15, -0.1) is 0 Å². The van der Waals surface area contributed by atoms with Gasteiger partial charge in [0.2, 0.25) is 0 Å². The van der Waals surface area contributed by atoms with Gasteiger partial charge in [-0.1, -0.05) is 18.0 Å². The Bertz CT molecular complexity index is 792. The zero-order valence-electron chi connectivity index (χ0n) is 14.9. The average Bonchev–Trinajstić information content (AvgIpc) is 2.68. The number of carbonyl (C=O) groups is 1. The minimum Gasteiger partial charge on any atom is -0.487 e. The van der Waals surface area contributed by atoms with Crippen LogP contribution in [0.3, 0.4) is 0 Å². The number of nitrogens with one attached hydrogen (secondary N) is 1. The summed E-state index contributed by atoms with van der Waals surface area (Å²) in [7, 11) is 1.34. The van der Waals surface area contributed by atoms with Crippen LogP contribution in [0, 0.1) is 6.92 Å². The number of ether oxygens (including phenoxy) is 2. The van der Waals surface area contributed by atoms with Crippen molar-refractivity contribution in [3.8, 4) is 5.75 Å². The van der Waals surface area contributed by atoms with Crippen LogP contribution in [0.25, 0.3) is 0 Å². The first-order valence-corrected chi connectivity index (χ1v) is 9.02. The van der Waals surface area contributed by atoms with Gasteiger partial charge in [0.25, 0.3) is 0 Å². The third-order valence-electron chi connectivity index (χ3n) is 4.42. The molecule has 1 saturated heterocycles. The lowest BCUT2D eigenvalue weighted by Gasteiger charge is -2.22. The summed E-state index contributed by atoms with van der Waals surface area (Å²) >= 11 is 6.05. The molecule has 6 nitrogen and oxygen atoms in total. The maximum absolute atomic E-state index is 12.0. The third kappa shape index (κ3) is 4.31. The molecular weight excluding hydrogens is 354 g/mol. The lowest BCUT2D eigenvalue weighted by Crippen LogP contribution is -2.29. The number of hydrogen-bond donors (Lipinski definition) is 1. The maximum atomic E-state index is 12.0. The van der Waals surface area contributed by atoms with E-state index >= 15 is 0 Å². The van der Waals surface area contributed by atoms with E-state index in [-0.39, 0.29) is 12.6 Å². The highest BCUT2D eigenvalue weighted by molar-refractivity contribution is 6.31. The predicted octanol–water partition coefficient (Wildman–Crippen LogP) is 3.62. The third-order valence-corrected chi connectivity index (χ3v) is 4.84. The van der Waals surface area contributed by atoms with Gasteiger partial charge in [-0.05, 0) is 50.1 Å². The van der Waals surface area contributed by atoms with E-state index in [4.69, 9.17) is 21.1 Å². The first-order chi connectivity index (χ1) is 12.6. The Morgan fingerprint density at radius 3 is 2.92 bits per heavy atom. The standard InChI is InChI=1S/C19H22ClN3O3/c1-12-9-13(6-7-15(12)20)26-11-17-14(19(24)25-2)10-22-18(23-17)16-5-3-4-8-21-16/h6-7,9-10,16,21H,3-5,8,11H2,1-2H3. The second-order valence-corrected chi connectivity index (χ2v) is 6.69. The molecular formula is C19H22ClN3O3. The van der Waals surface area contributed by atoms with Crippen LogP contribution < -0.4 is 10.1 Å². The maximum Gasteiger partial charge on any atom is 0.341 e. The largest absolute Gasteiger partial charge is 0.487 e. The number of halogens is 1. The van der Waals surface area contributed by atoms with Gasteiger partial charge in [0.1, 0.15) is 23.7 Å². The van der Waals surface area contributed by atoms with Crippen molar-refractivity contribution in [1.82, 2.24) is 15.3 Å². The van der Waals surface area contributed by atoms with Gasteiger partial charge < -0.3 is 14.8 Å². The molecule has 1 aromatic carbocycles. The molecule has 1 unspecified atom stereocenters. The summed E-state index contributed by atoms with van der Waals surface area (Å²) < 4.78 is 10.7. The van der Waals surface area contributed by atoms with Gasteiger partial charge in [0.15, 0.2) is 0 Å². The summed E-state index contributed by atoms with van der Waals surface area (Å²) in [6.45, 7) is 3.00. The topological polar surface area (TPSA) is 73.3 Å². The number of esters is 1. The molecule has 1 fully saturated rings. The van der Waals surface area contributed by atoms with E-state index in [2.05, 4.69) is 15.3 Å². The van der Waals surface area contributed by atoms with E-state index in [1.807, 2.05) is 13.0 Å². The molecule has 1 atom stereocenters. The molecule has 0 bridgehead atoms. The molecule has 138 valence electrons. The van der Waals surface area contributed by atoms with Gasteiger partial charge in [0, 0.05) is 11.2 Å². The molecule has 1 aromatic heterocycles. The first kappa shape index (κ1) is 18.6. The highest BCUT2D eigenvalue weighted by atomic mass is 35.5. The molecule has 0 spiro atoms. The van der Waals surface area contributed by atoms with Crippen LogP contribution in [0.15, 0.2) is 24.4 Å². The van der Waals surface area contributed by atoms with Crippen molar-refractivity contribution >= 4 is 17.6 Å². The highest BCUT2D eigenvalue weighted by Crippen LogP contribution is 2.24. The normalized spacial score (nSPS) is 17.0. The zero-order valence-corrected chi connectivity index (χ0v) is 15.7. The smallest absolute Gasteiger partial charge is 0.341 e. The molecule has 1 aliphatic rings. The van der Waals surface area contributed by atoms with Crippen LogP contribution in [0.1, 0.15) is 52.7 Å². The van der Waals surface area contributed by atoms with Crippen molar-refractivity contribution in [2.45, 2.75) is 38.8 Å². The first-order valence-electron chi connectivity index (χ1n) is 8.65. The summed E-state index contributed by atoms with van der Waals surface area (Å²) in [5.74, 6) is 0.876. The molecule has 0 saturated carbocycles. The Morgan fingerprint density at radius 2 is 2.23 bits per heavy atom. The lowest BCUT2D eigenvalue weighted by molar-refractivity contribution is 0.0596. The van der Waals surface area contributed by atoms with Gasteiger partial charge in [-0.3, -0.25) is 0 Å². The molecule has 26 heavy (non-hydrogen) atoms. The molecule has 0 radical (unpaired) electrons. The fourth-order valence-electron chi connectivity index (χ4n) is 2.92. The molecule has 7 heteroatoms. The van der Waals surface area contributed by atoms with E-state index in [0.717, 1.165) is 31.4 Å². The minimum atomic E-state index is -0.473. The highest BCUT2D eigenvalue weighted by Gasteiger charge is 2.21. The Morgan fingerprint density at radius 1 is 1.38 bits per heavy atom. The van der Waals surface area contributed by atoms with Crippen molar-refractivity contribution < 1.29 is 14.3 Å².